The van der Waals surface area contributed by atoms with Gasteiger partial charge in [0.1, 0.15) is 35.1 Å². The van der Waals surface area contributed by atoms with Crippen LogP contribution in [0.15, 0.2) is 41.0 Å². The lowest BCUT2D eigenvalue weighted by molar-refractivity contribution is -0.129. The number of aromatic nitrogens is 2. The van der Waals surface area contributed by atoms with Crippen LogP contribution in [0.4, 0.5) is 20.5 Å². The highest BCUT2D eigenvalue weighted by atomic mass is 32.1. The summed E-state index contributed by atoms with van der Waals surface area (Å²) in [6, 6.07) is 7.67. The largest absolute Gasteiger partial charge is 0.490 e. The predicted octanol–water partition coefficient (Wildman–Crippen LogP) is 5.73. The van der Waals surface area contributed by atoms with Crippen molar-refractivity contribution in [2.75, 3.05) is 36.9 Å². The van der Waals surface area contributed by atoms with E-state index in [-0.39, 0.29) is 36.2 Å². The van der Waals surface area contributed by atoms with Gasteiger partial charge in [0.2, 0.25) is 5.71 Å². The topological polar surface area (TPSA) is 174 Å². The number of ether oxygens (including phenoxy) is 3. The number of carboxylic acid groups (broad SMARTS) is 1. The number of aliphatic carboxylic acids is 1. The van der Waals surface area contributed by atoms with E-state index in [2.05, 4.69) is 25.8 Å². The van der Waals surface area contributed by atoms with Gasteiger partial charge in [-0.15, -0.1) is 11.3 Å². The molecule has 1 aliphatic heterocycles. The first-order valence-electron chi connectivity index (χ1n) is 14.8. The third-order valence-corrected chi connectivity index (χ3v) is 7.14. The van der Waals surface area contributed by atoms with Crippen molar-refractivity contribution < 1.29 is 38.5 Å². The lowest BCUT2D eigenvalue weighted by atomic mass is 10.0. The number of hydrogen-bond acceptors (Lipinski definition) is 12. The smallest absolute Gasteiger partial charge is 0.413 e. The number of oxime groups is 1. The van der Waals surface area contributed by atoms with E-state index in [0.29, 0.717) is 18.8 Å². The molecule has 1 aliphatic rings. The molecule has 3 N–H and O–H groups in total. The Morgan fingerprint density at radius 1 is 1.04 bits per heavy atom. The molecule has 0 radical (unpaired) electrons. The molecule has 0 saturated carbocycles. The summed E-state index contributed by atoms with van der Waals surface area (Å²) < 4.78 is 16.5. The second kappa shape index (κ2) is 14.6. The van der Waals surface area contributed by atoms with Crippen LogP contribution in [0.2, 0.25) is 0 Å². The molecule has 2 aromatic heterocycles. The number of carbonyl (C=O) groups is 3. The Kier molecular flexibility index (Phi) is 10.9. The molecule has 1 saturated heterocycles. The summed E-state index contributed by atoms with van der Waals surface area (Å²) in [5.41, 5.74) is -1.60. The predicted molar refractivity (Wildman–Crippen MR) is 174 cm³/mol. The molecule has 3 aromatic rings. The number of carboxylic acids is 1. The van der Waals surface area contributed by atoms with Crippen molar-refractivity contribution in [3.63, 3.8) is 0 Å². The highest BCUT2D eigenvalue weighted by Gasteiger charge is 2.27. The van der Waals surface area contributed by atoms with Crippen LogP contribution in [0, 0.1) is 0 Å². The molecule has 3 heterocycles. The standard InChI is InChI=1S/C31H40N6O8S/c1-30(2,3)44-28(40)35-27-34-23(18-46-27)24(26(38)39)36-43-16-15-42-21-7-8-22-19(17-21)9-12-32-25(22)33-20-10-13-37(14-11-20)29(41)45-31(4,5)6/h7-9,12,17-18,20H,10-11,13-16H2,1-6H3,(H,32,33)(H,38,39)(H,34,35,40)/b36-24-. The summed E-state index contributed by atoms with van der Waals surface area (Å²) in [6.45, 7) is 12.1. The summed E-state index contributed by atoms with van der Waals surface area (Å²) in [6.07, 6.45) is 2.28. The van der Waals surface area contributed by atoms with Crippen molar-refractivity contribution in [1.82, 2.24) is 14.9 Å². The van der Waals surface area contributed by atoms with Gasteiger partial charge in [-0.25, -0.2) is 24.4 Å². The van der Waals surface area contributed by atoms with E-state index in [1.807, 2.05) is 45.0 Å². The number of fused-ring (bicyclic) bond motifs is 1. The van der Waals surface area contributed by atoms with Gasteiger partial charge >= 0.3 is 18.2 Å². The quantitative estimate of drug-likeness (QED) is 0.138. The van der Waals surface area contributed by atoms with Crippen molar-refractivity contribution >= 4 is 56.9 Å². The van der Waals surface area contributed by atoms with Gasteiger partial charge in [0.25, 0.3) is 0 Å². The zero-order chi connectivity index (χ0) is 33.5. The van der Waals surface area contributed by atoms with Crippen molar-refractivity contribution in [1.29, 1.82) is 0 Å². The van der Waals surface area contributed by atoms with Crippen molar-refractivity contribution in [2.24, 2.45) is 5.16 Å². The van der Waals surface area contributed by atoms with Gasteiger partial charge in [-0.2, -0.15) is 0 Å². The first-order chi connectivity index (χ1) is 21.7. The van der Waals surface area contributed by atoms with E-state index < -0.39 is 29.0 Å². The van der Waals surface area contributed by atoms with Crippen molar-refractivity contribution in [2.45, 2.75) is 71.6 Å². The minimum atomic E-state index is -1.34. The minimum Gasteiger partial charge on any atom is -0.490 e. The molecular formula is C31H40N6O8S. The van der Waals surface area contributed by atoms with E-state index in [4.69, 9.17) is 19.0 Å². The molecular weight excluding hydrogens is 616 g/mol. The number of nitrogens with zero attached hydrogens (tertiary/aromatic N) is 4. The van der Waals surface area contributed by atoms with E-state index in [9.17, 15) is 19.5 Å². The third-order valence-electron chi connectivity index (χ3n) is 6.38. The second-order valence-corrected chi connectivity index (χ2v) is 13.4. The number of anilines is 2. The number of hydrogen-bond donors (Lipinski definition) is 3. The molecule has 4 rings (SSSR count). The lowest BCUT2D eigenvalue weighted by Gasteiger charge is -2.34. The van der Waals surface area contributed by atoms with E-state index in [1.165, 1.54) is 5.38 Å². The third kappa shape index (κ3) is 10.2. The van der Waals surface area contributed by atoms with E-state index >= 15 is 0 Å². The summed E-state index contributed by atoms with van der Waals surface area (Å²) in [7, 11) is 0. The SMILES string of the molecule is CC(C)(C)OC(=O)Nc1nc(/C(=N/OCCOc2ccc3c(NC4CCN(C(=O)OC(C)(C)C)CC4)nccc3c2)C(=O)O)cs1. The van der Waals surface area contributed by atoms with E-state index in [1.54, 1.807) is 31.9 Å². The van der Waals surface area contributed by atoms with Crippen molar-refractivity contribution in [3.05, 3.63) is 41.5 Å². The van der Waals surface area contributed by atoms with Gasteiger partial charge in [-0.1, -0.05) is 5.16 Å². The Balaban J connectivity index is 1.27. The highest BCUT2D eigenvalue weighted by molar-refractivity contribution is 7.14. The van der Waals surface area contributed by atoms with Crippen LogP contribution in [-0.2, 0) is 19.1 Å². The number of likely N-dealkylation sites (tertiary alicyclic amines) is 1. The van der Waals surface area contributed by atoms with Crippen LogP contribution in [0.1, 0.15) is 60.1 Å². The van der Waals surface area contributed by atoms with Crippen LogP contribution >= 0.6 is 11.3 Å². The molecule has 248 valence electrons. The summed E-state index contributed by atoms with van der Waals surface area (Å²) in [5, 5.41) is 22.7. The molecule has 0 atom stereocenters. The van der Waals surface area contributed by atoms with Crippen LogP contribution < -0.4 is 15.4 Å². The number of carbonyl (C=O) groups excluding carboxylic acids is 2. The van der Waals surface area contributed by atoms with Crippen LogP contribution in [0.3, 0.4) is 0 Å². The maximum atomic E-state index is 12.4. The van der Waals surface area contributed by atoms with Gasteiger partial charge in [0, 0.05) is 36.1 Å². The number of thiazole rings is 1. The first-order valence-corrected chi connectivity index (χ1v) is 15.7. The Morgan fingerprint density at radius 3 is 2.43 bits per heavy atom. The fourth-order valence-corrected chi connectivity index (χ4v) is 5.10. The zero-order valence-electron chi connectivity index (χ0n) is 26.8. The molecule has 0 spiro atoms. The van der Waals surface area contributed by atoms with E-state index in [0.717, 1.165) is 40.8 Å². The Bertz CT molecular complexity index is 1570. The number of amides is 2. The van der Waals surface area contributed by atoms with Crippen LogP contribution in [0.25, 0.3) is 10.8 Å². The summed E-state index contributed by atoms with van der Waals surface area (Å²) in [4.78, 5) is 51.7. The molecule has 2 amide bonds. The zero-order valence-corrected chi connectivity index (χ0v) is 27.6. The number of rotatable bonds is 10. The summed E-state index contributed by atoms with van der Waals surface area (Å²) >= 11 is 1.03. The molecule has 1 fully saturated rings. The van der Waals surface area contributed by atoms with Crippen LogP contribution in [-0.4, -0.2) is 87.4 Å². The molecule has 0 bridgehead atoms. The minimum absolute atomic E-state index is 0.0207. The molecule has 1 aromatic carbocycles. The maximum Gasteiger partial charge on any atom is 0.413 e. The fourth-order valence-electron chi connectivity index (χ4n) is 4.42. The van der Waals surface area contributed by atoms with Gasteiger partial charge in [0.15, 0.2) is 11.7 Å². The van der Waals surface area contributed by atoms with Gasteiger partial charge in [-0.3, -0.25) is 5.32 Å². The average molecular weight is 657 g/mol. The van der Waals surface area contributed by atoms with Gasteiger partial charge in [0.05, 0.1) is 0 Å². The first kappa shape index (κ1) is 34.2. The summed E-state index contributed by atoms with van der Waals surface area (Å²) in [5.74, 6) is 0.0139. The van der Waals surface area contributed by atoms with Gasteiger partial charge < -0.3 is 34.4 Å². The average Bonchev–Trinajstić information content (AvgIpc) is 3.40. The Hall–Kier alpha value is -4.66. The molecule has 0 aliphatic carbocycles. The monoisotopic (exact) mass is 656 g/mol. The number of piperidine rings is 1. The lowest BCUT2D eigenvalue weighted by Crippen LogP contribution is -2.44. The van der Waals surface area contributed by atoms with Crippen molar-refractivity contribution in [3.8, 4) is 5.75 Å². The fraction of sp³-hybridized carbons (Fsp3) is 0.484. The van der Waals surface area contributed by atoms with Gasteiger partial charge in [-0.05, 0) is 84.0 Å². The molecule has 14 nitrogen and oxygen atoms in total. The second-order valence-electron chi connectivity index (χ2n) is 12.5. The Morgan fingerprint density at radius 2 is 1.76 bits per heavy atom. The normalized spacial score (nSPS) is 14.5. The molecule has 0 unspecified atom stereocenters. The number of benzene rings is 1. The highest BCUT2D eigenvalue weighted by Crippen LogP contribution is 2.27. The maximum absolute atomic E-state index is 12.4. The molecule has 46 heavy (non-hydrogen) atoms. The molecule has 15 heteroatoms. The Labute approximate surface area is 271 Å². The van der Waals surface area contributed by atoms with Crippen LogP contribution in [0.5, 0.6) is 5.75 Å². The number of nitrogens with one attached hydrogen (secondary N) is 2. The number of pyridine rings is 1.